The Morgan fingerprint density at radius 1 is 1.33 bits per heavy atom. The Bertz CT molecular complexity index is 360. The fourth-order valence-corrected chi connectivity index (χ4v) is 2.74. The lowest BCUT2D eigenvalue weighted by molar-refractivity contribution is -0.137. The number of aliphatic carboxylic acids is 1. The zero-order chi connectivity index (χ0) is 16.0. The number of hydrogen-bond acceptors (Lipinski definition) is 3. The van der Waals surface area contributed by atoms with Gasteiger partial charge in [-0.1, -0.05) is 20.8 Å². The molecule has 1 saturated heterocycles. The summed E-state index contributed by atoms with van der Waals surface area (Å²) in [7, 11) is 2.07. The van der Waals surface area contributed by atoms with Crippen molar-refractivity contribution in [3.8, 4) is 0 Å². The van der Waals surface area contributed by atoms with Crippen LogP contribution in [0.5, 0.6) is 0 Å². The lowest BCUT2D eigenvalue weighted by Gasteiger charge is -2.32. The van der Waals surface area contributed by atoms with Crippen LogP contribution in [0, 0.1) is 5.92 Å². The summed E-state index contributed by atoms with van der Waals surface area (Å²) < 4.78 is 0. The molecule has 0 aromatic carbocycles. The van der Waals surface area contributed by atoms with Gasteiger partial charge < -0.3 is 20.2 Å². The predicted molar refractivity (Wildman–Crippen MR) is 82.3 cm³/mol. The fraction of sp³-hybridized carbons (Fsp3) is 0.867. The van der Waals surface area contributed by atoms with Crippen molar-refractivity contribution in [1.82, 2.24) is 15.1 Å². The quantitative estimate of drug-likeness (QED) is 0.809. The maximum absolute atomic E-state index is 12.5. The second-order valence-electron chi connectivity index (χ2n) is 6.27. The molecule has 6 heteroatoms. The Kier molecular flexibility index (Phi) is 6.95. The summed E-state index contributed by atoms with van der Waals surface area (Å²) >= 11 is 0. The van der Waals surface area contributed by atoms with Crippen LogP contribution < -0.4 is 5.32 Å². The largest absolute Gasteiger partial charge is 0.481 e. The number of carboxylic acid groups (broad SMARTS) is 1. The van der Waals surface area contributed by atoms with Crippen molar-refractivity contribution in [2.75, 3.05) is 26.7 Å². The Morgan fingerprint density at radius 2 is 2.00 bits per heavy atom. The van der Waals surface area contributed by atoms with Crippen molar-refractivity contribution >= 4 is 12.0 Å². The number of carbonyl (C=O) groups excluding carboxylic acids is 1. The molecule has 0 spiro atoms. The van der Waals surface area contributed by atoms with E-state index in [1.165, 1.54) is 0 Å². The highest BCUT2D eigenvalue weighted by Crippen LogP contribution is 2.14. The second kappa shape index (κ2) is 8.22. The molecule has 2 unspecified atom stereocenters. The zero-order valence-electron chi connectivity index (χ0n) is 13.6. The molecule has 6 nitrogen and oxygen atoms in total. The fourth-order valence-electron chi connectivity index (χ4n) is 2.74. The van der Waals surface area contributed by atoms with E-state index in [9.17, 15) is 9.59 Å². The lowest BCUT2D eigenvalue weighted by atomic mass is 10.0. The number of carbonyl (C=O) groups is 2. The molecular weight excluding hydrogens is 270 g/mol. The predicted octanol–water partition coefficient (Wildman–Crippen LogP) is 1.61. The van der Waals surface area contributed by atoms with Gasteiger partial charge in [-0.05, 0) is 32.4 Å². The minimum atomic E-state index is -0.878. The summed E-state index contributed by atoms with van der Waals surface area (Å²) in [4.78, 5) is 27.6. The van der Waals surface area contributed by atoms with Gasteiger partial charge >= 0.3 is 12.0 Å². The summed E-state index contributed by atoms with van der Waals surface area (Å²) in [5, 5.41) is 11.9. The monoisotopic (exact) mass is 299 g/mol. The van der Waals surface area contributed by atoms with E-state index in [0.29, 0.717) is 0 Å². The van der Waals surface area contributed by atoms with E-state index >= 15 is 0 Å². The Labute approximate surface area is 127 Å². The SMILES string of the molecule is CCC1CN(C)CCCN1C(=O)NC(CC(=O)O)C(C)C. The van der Waals surface area contributed by atoms with E-state index < -0.39 is 5.97 Å². The topological polar surface area (TPSA) is 72.9 Å². The molecule has 2 atom stereocenters. The third kappa shape index (κ3) is 5.53. The van der Waals surface area contributed by atoms with Crippen molar-refractivity contribution in [2.45, 2.75) is 52.1 Å². The molecule has 0 aliphatic carbocycles. The first-order valence-corrected chi connectivity index (χ1v) is 7.82. The van der Waals surface area contributed by atoms with Crippen molar-refractivity contribution in [1.29, 1.82) is 0 Å². The number of urea groups is 1. The van der Waals surface area contributed by atoms with E-state index in [1.807, 2.05) is 18.7 Å². The molecule has 1 fully saturated rings. The molecule has 1 heterocycles. The summed E-state index contributed by atoms with van der Waals surface area (Å²) in [6.45, 7) is 8.54. The first kappa shape index (κ1) is 17.8. The molecule has 1 rings (SSSR count). The van der Waals surface area contributed by atoms with Crippen LogP contribution in [-0.2, 0) is 4.79 Å². The minimum Gasteiger partial charge on any atom is -0.481 e. The highest BCUT2D eigenvalue weighted by Gasteiger charge is 2.28. The first-order valence-electron chi connectivity index (χ1n) is 7.82. The van der Waals surface area contributed by atoms with Crippen LogP contribution in [0.3, 0.4) is 0 Å². The average molecular weight is 299 g/mol. The summed E-state index contributed by atoms with van der Waals surface area (Å²) in [6.07, 6.45) is 1.82. The van der Waals surface area contributed by atoms with Gasteiger partial charge in [-0.2, -0.15) is 0 Å². The van der Waals surface area contributed by atoms with Crippen LogP contribution in [0.1, 0.15) is 40.0 Å². The molecular formula is C15H29N3O3. The van der Waals surface area contributed by atoms with Gasteiger partial charge in [0.15, 0.2) is 0 Å². The van der Waals surface area contributed by atoms with E-state index in [1.54, 1.807) is 0 Å². The zero-order valence-corrected chi connectivity index (χ0v) is 13.6. The number of nitrogens with zero attached hydrogens (tertiary/aromatic N) is 2. The van der Waals surface area contributed by atoms with Crippen LogP contribution >= 0.6 is 0 Å². The van der Waals surface area contributed by atoms with E-state index in [0.717, 1.165) is 32.5 Å². The summed E-state index contributed by atoms with van der Waals surface area (Å²) in [6, 6.07) is -0.263. The normalized spacial score (nSPS) is 22.0. The Hall–Kier alpha value is -1.30. The average Bonchev–Trinajstić information content (AvgIpc) is 2.58. The van der Waals surface area contributed by atoms with Gasteiger partial charge in [0, 0.05) is 25.2 Å². The van der Waals surface area contributed by atoms with Gasteiger partial charge in [-0.3, -0.25) is 4.79 Å². The Morgan fingerprint density at radius 3 is 2.52 bits per heavy atom. The maximum atomic E-state index is 12.5. The molecule has 2 N–H and O–H groups in total. The highest BCUT2D eigenvalue weighted by atomic mass is 16.4. The standard InChI is InChI=1S/C15H29N3O3/c1-5-12-10-17(4)7-6-8-18(12)15(21)16-13(11(2)3)9-14(19)20/h11-13H,5-10H2,1-4H3,(H,16,21)(H,19,20). The number of likely N-dealkylation sites (N-methyl/N-ethyl adjacent to an activating group) is 1. The van der Waals surface area contributed by atoms with Crippen molar-refractivity contribution in [3.05, 3.63) is 0 Å². The van der Waals surface area contributed by atoms with Crippen LogP contribution in [0.15, 0.2) is 0 Å². The van der Waals surface area contributed by atoms with Gasteiger partial charge in [0.25, 0.3) is 0 Å². The van der Waals surface area contributed by atoms with Crippen LogP contribution in [-0.4, -0.2) is 65.7 Å². The number of carboxylic acids is 1. The first-order chi connectivity index (χ1) is 9.85. The van der Waals surface area contributed by atoms with Crippen molar-refractivity contribution < 1.29 is 14.7 Å². The molecule has 0 aromatic rings. The van der Waals surface area contributed by atoms with E-state index in [2.05, 4.69) is 24.2 Å². The van der Waals surface area contributed by atoms with Gasteiger partial charge in [-0.25, -0.2) is 4.79 Å². The second-order valence-corrected chi connectivity index (χ2v) is 6.27. The molecule has 0 aromatic heterocycles. The van der Waals surface area contributed by atoms with E-state index in [4.69, 9.17) is 5.11 Å². The van der Waals surface area contributed by atoms with E-state index in [-0.39, 0.29) is 30.5 Å². The molecule has 1 aliphatic heterocycles. The molecule has 1 aliphatic rings. The lowest BCUT2D eigenvalue weighted by Crippen LogP contribution is -2.52. The molecule has 2 amide bonds. The van der Waals surface area contributed by atoms with Gasteiger partial charge in [-0.15, -0.1) is 0 Å². The smallest absolute Gasteiger partial charge is 0.317 e. The molecule has 21 heavy (non-hydrogen) atoms. The highest BCUT2D eigenvalue weighted by molar-refractivity contribution is 5.76. The number of amides is 2. The van der Waals surface area contributed by atoms with Crippen LogP contribution in [0.2, 0.25) is 0 Å². The van der Waals surface area contributed by atoms with Crippen LogP contribution in [0.25, 0.3) is 0 Å². The third-order valence-corrected chi connectivity index (χ3v) is 4.14. The number of hydrogen-bond donors (Lipinski definition) is 2. The minimum absolute atomic E-state index is 0.0338. The number of rotatable bonds is 5. The van der Waals surface area contributed by atoms with Gasteiger partial charge in [0.1, 0.15) is 0 Å². The van der Waals surface area contributed by atoms with Gasteiger partial charge in [0.2, 0.25) is 0 Å². The molecule has 0 saturated carbocycles. The van der Waals surface area contributed by atoms with Crippen LogP contribution in [0.4, 0.5) is 4.79 Å². The molecule has 0 bridgehead atoms. The Balaban J connectivity index is 2.72. The van der Waals surface area contributed by atoms with Crippen molar-refractivity contribution in [3.63, 3.8) is 0 Å². The third-order valence-electron chi connectivity index (χ3n) is 4.14. The summed E-state index contributed by atoms with van der Waals surface area (Å²) in [5.41, 5.74) is 0. The maximum Gasteiger partial charge on any atom is 0.317 e. The molecule has 122 valence electrons. The summed E-state index contributed by atoms with van der Waals surface area (Å²) in [5.74, 6) is -0.781. The number of nitrogens with one attached hydrogen (secondary N) is 1. The van der Waals surface area contributed by atoms with Gasteiger partial charge in [0.05, 0.1) is 6.42 Å². The molecule has 0 radical (unpaired) electrons. The van der Waals surface area contributed by atoms with Crippen molar-refractivity contribution in [2.24, 2.45) is 5.92 Å².